The fourth-order valence-electron chi connectivity index (χ4n) is 2.11. The average Bonchev–Trinajstić information content (AvgIpc) is 2.81. The van der Waals surface area contributed by atoms with Gasteiger partial charge in [0.1, 0.15) is 11.4 Å². The standard InChI is InChI=1S/C14H12ClN3O/c1-19-13-5-2-8(15)6-11(13)14-10-4-3-9(16)7-12(10)17-18-14/h2-7H,16H2,1H3,(H,17,18). The Bertz CT molecular complexity index is 752. The van der Waals surface area contributed by atoms with Crippen molar-refractivity contribution in [2.24, 2.45) is 0 Å². The summed E-state index contributed by atoms with van der Waals surface area (Å²) in [5, 5.41) is 8.93. The van der Waals surface area contributed by atoms with Crippen LogP contribution in [-0.4, -0.2) is 17.3 Å². The second kappa shape index (κ2) is 4.48. The topological polar surface area (TPSA) is 63.9 Å². The molecule has 0 saturated carbocycles. The third kappa shape index (κ3) is 2.00. The number of nitrogens with two attached hydrogens (primary N) is 1. The average molecular weight is 274 g/mol. The van der Waals surface area contributed by atoms with Gasteiger partial charge in [-0.15, -0.1) is 0 Å². The first kappa shape index (κ1) is 11.9. The number of aromatic amines is 1. The lowest BCUT2D eigenvalue weighted by Gasteiger charge is -2.07. The van der Waals surface area contributed by atoms with Crippen LogP contribution < -0.4 is 10.5 Å². The Morgan fingerprint density at radius 3 is 2.84 bits per heavy atom. The Hall–Kier alpha value is -2.20. The van der Waals surface area contributed by atoms with Gasteiger partial charge in [0, 0.05) is 21.7 Å². The number of fused-ring (bicyclic) bond motifs is 1. The zero-order chi connectivity index (χ0) is 13.4. The molecule has 2 aromatic carbocycles. The van der Waals surface area contributed by atoms with Crippen LogP contribution in [0.1, 0.15) is 0 Å². The Morgan fingerprint density at radius 2 is 2.05 bits per heavy atom. The molecule has 0 bridgehead atoms. The van der Waals surface area contributed by atoms with E-state index in [1.165, 1.54) is 0 Å². The first-order valence-electron chi connectivity index (χ1n) is 5.76. The predicted molar refractivity (Wildman–Crippen MR) is 77.5 cm³/mol. The second-order valence-corrected chi connectivity index (χ2v) is 4.66. The summed E-state index contributed by atoms with van der Waals surface area (Å²) >= 11 is 6.05. The maximum Gasteiger partial charge on any atom is 0.128 e. The van der Waals surface area contributed by atoms with Crippen LogP contribution in [0.3, 0.4) is 0 Å². The van der Waals surface area contributed by atoms with Crippen molar-refractivity contribution in [1.82, 2.24) is 10.2 Å². The van der Waals surface area contributed by atoms with Crippen LogP contribution in [0.15, 0.2) is 36.4 Å². The minimum absolute atomic E-state index is 0.641. The van der Waals surface area contributed by atoms with Gasteiger partial charge >= 0.3 is 0 Å². The molecule has 0 aliphatic heterocycles. The molecule has 3 N–H and O–H groups in total. The van der Waals surface area contributed by atoms with Crippen LogP contribution in [0.2, 0.25) is 5.02 Å². The summed E-state index contributed by atoms with van der Waals surface area (Å²) in [6.07, 6.45) is 0. The van der Waals surface area contributed by atoms with E-state index in [2.05, 4.69) is 10.2 Å². The van der Waals surface area contributed by atoms with Crippen LogP contribution in [0.5, 0.6) is 5.75 Å². The van der Waals surface area contributed by atoms with Crippen LogP contribution >= 0.6 is 11.6 Å². The van der Waals surface area contributed by atoms with E-state index in [1.54, 1.807) is 13.2 Å². The number of hydrogen-bond donors (Lipinski definition) is 2. The highest BCUT2D eigenvalue weighted by molar-refractivity contribution is 6.31. The van der Waals surface area contributed by atoms with Crippen molar-refractivity contribution in [3.8, 4) is 17.0 Å². The normalized spacial score (nSPS) is 10.8. The molecule has 5 heteroatoms. The minimum atomic E-state index is 0.641. The molecule has 0 radical (unpaired) electrons. The lowest BCUT2D eigenvalue weighted by Crippen LogP contribution is -1.88. The molecule has 0 fully saturated rings. The molecule has 0 atom stereocenters. The molecule has 3 aromatic rings. The molecule has 0 aliphatic carbocycles. The number of methoxy groups -OCH3 is 1. The van der Waals surface area contributed by atoms with E-state index in [9.17, 15) is 0 Å². The van der Waals surface area contributed by atoms with E-state index in [4.69, 9.17) is 22.1 Å². The largest absolute Gasteiger partial charge is 0.496 e. The van der Waals surface area contributed by atoms with E-state index < -0.39 is 0 Å². The van der Waals surface area contributed by atoms with Crippen LogP contribution in [0.4, 0.5) is 5.69 Å². The summed E-state index contributed by atoms with van der Waals surface area (Å²) in [6.45, 7) is 0. The summed E-state index contributed by atoms with van der Waals surface area (Å²) in [5.41, 5.74) is 8.99. The number of hydrogen-bond acceptors (Lipinski definition) is 3. The monoisotopic (exact) mass is 273 g/mol. The highest BCUT2D eigenvalue weighted by Gasteiger charge is 2.13. The fourth-order valence-corrected chi connectivity index (χ4v) is 2.28. The number of halogens is 1. The number of nitrogen functional groups attached to an aromatic ring is 1. The summed E-state index contributed by atoms with van der Waals surface area (Å²) in [5.74, 6) is 0.731. The SMILES string of the molecule is COc1ccc(Cl)cc1-c1n[nH]c2cc(N)ccc12. The number of anilines is 1. The quantitative estimate of drug-likeness (QED) is 0.703. The number of benzene rings is 2. The van der Waals surface area contributed by atoms with Gasteiger partial charge in [-0.3, -0.25) is 5.10 Å². The molecule has 19 heavy (non-hydrogen) atoms. The van der Waals surface area contributed by atoms with Crippen molar-refractivity contribution in [1.29, 1.82) is 0 Å². The third-order valence-electron chi connectivity index (χ3n) is 3.00. The van der Waals surface area contributed by atoms with Crippen molar-refractivity contribution in [2.45, 2.75) is 0 Å². The van der Waals surface area contributed by atoms with E-state index in [-0.39, 0.29) is 0 Å². The van der Waals surface area contributed by atoms with Gasteiger partial charge in [0.25, 0.3) is 0 Å². The van der Waals surface area contributed by atoms with Crippen molar-refractivity contribution >= 4 is 28.2 Å². The van der Waals surface area contributed by atoms with Crippen LogP contribution in [0, 0.1) is 0 Å². The first-order chi connectivity index (χ1) is 9.19. The Labute approximate surface area is 115 Å². The smallest absolute Gasteiger partial charge is 0.128 e. The lowest BCUT2D eigenvalue weighted by molar-refractivity contribution is 0.416. The van der Waals surface area contributed by atoms with Gasteiger partial charge in [0.05, 0.1) is 12.6 Å². The van der Waals surface area contributed by atoms with Gasteiger partial charge in [-0.25, -0.2) is 0 Å². The molecular weight excluding hydrogens is 262 g/mol. The van der Waals surface area contributed by atoms with Crippen molar-refractivity contribution in [3.05, 3.63) is 41.4 Å². The Morgan fingerprint density at radius 1 is 1.21 bits per heavy atom. The molecule has 1 heterocycles. The van der Waals surface area contributed by atoms with Crippen LogP contribution in [0.25, 0.3) is 22.2 Å². The number of nitrogens with one attached hydrogen (secondary N) is 1. The second-order valence-electron chi connectivity index (χ2n) is 4.22. The Kier molecular flexibility index (Phi) is 2.80. The third-order valence-corrected chi connectivity index (χ3v) is 3.24. The number of ether oxygens (including phenoxy) is 1. The number of nitrogens with zero attached hydrogens (tertiary/aromatic N) is 1. The van der Waals surface area contributed by atoms with Gasteiger partial charge in [-0.2, -0.15) is 5.10 Å². The summed E-state index contributed by atoms with van der Waals surface area (Å²) in [7, 11) is 1.62. The summed E-state index contributed by atoms with van der Waals surface area (Å²) in [4.78, 5) is 0. The van der Waals surface area contributed by atoms with Gasteiger partial charge in [-0.1, -0.05) is 11.6 Å². The molecule has 4 nitrogen and oxygen atoms in total. The molecule has 0 unspecified atom stereocenters. The van der Waals surface area contributed by atoms with Gasteiger partial charge in [0.2, 0.25) is 0 Å². The molecule has 0 spiro atoms. The van der Waals surface area contributed by atoms with Gasteiger partial charge in [0.15, 0.2) is 0 Å². The van der Waals surface area contributed by atoms with Crippen LogP contribution in [-0.2, 0) is 0 Å². The number of aromatic nitrogens is 2. The zero-order valence-electron chi connectivity index (χ0n) is 10.3. The maximum absolute atomic E-state index is 6.05. The molecule has 0 saturated heterocycles. The van der Waals surface area contributed by atoms with Crippen molar-refractivity contribution in [3.63, 3.8) is 0 Å². The van der Waals surface area contributed by atoms with E-state index in [0.717, 1.165) is 27.9 Å². The highest BCUT2D eigenvalue weighted by atomic mass is 35.5. The zero-order valence-corrected chi connectivity index (χ0v) is 11.0. The van der Waals surface area contributed by atoms with Crippen molar-refractivity contribution in [2.75, 3.05) is 12.8 Å². The maximum atomic E-state index is 6.05. The molecule has 3 rings (SSSR count). The van der Waals surface area contributed by atoms with E-state index in [0.29, 0.717) is 10.7 Å². The van der Waals surface area contributed by atoms with E-state index in [1.807, 2.05) is 30.3 Å². The molecule has 96 valence electrons. The summed E-state index contributed by atoms with van der Waals surface area (Å²) in [6, 6.07) is 11.1. The molecule has 0 amide bonds. The summed E-state index contributed by atoms with van der Waals surface area (Å²) < 4.78 is 5.36. The molecular formula is C14H12ClN3O. The highest BCUT2D eigenvalue weighted by Crippen LogP contribution is 2.35. The molecule has 1 aromatic heterocycles. The molecule has 0 aliphatic rings. The van der Waals surface area contributed by atoms with Gasteiger partial charge in [-0.05, 0) is 36.4 Å². The fraction of sp³-hybridized carbons (Fsp3) is 0.0714. The minimum Gasteiger partial charge on any atom is -0.496 e. The van der Waals surface area contributed by atoms with E-state index >= 15 is 0 Å². The number of H-pyrrole nitrogens is 1. The Balaban J connectivity index is 2.27. The first-order valence-corrected chi connectivity index (χ1v) is 6.14. The van der Waals surface area contributed by atoms with Gasteiger partial charge < -0.3 is 10.5 Å². The predicted octanol–water partition coefficient (Wildman–Crippen LogP) is 3.47. The van der Waals surface area contributed by atoms with Crippen molar-refractivity contribution < 1.29 is 4.74 Å². The number of rotatable bonds is 2. The lowest BCUT2D eigenvalue weighted by atomic mass is 10.1.